The van der Waals surface area contributed by atoms with E-state index in [4.69, 9.17) is 0 Å². The number of aromatic nitrogens is 2. The lowest BCUT2D eigenvalue weighted by Gasteiger charge is -2.08. The van der Waals surface area contributed by atoms with E-state index in [0.717, 1.165) is 39.4 Å². The lowest BCUT2D eigenvalue weighted by Crippen LogP contribution is -2.14. The molecule has 1 aliphatic rings. The zero-order chi connectivity index (χ0) is 17.6. The zero-order valence-corrected chi connectivity index (χ0v) is 16.6. The molecule has 0 saturated heterocycles. The predicted octanol–water partition coefficient (Wildman–Crippen LogP) is 4.32. The molecule has 0 saturated carbocycles. The Hall–Kier alpha value is -1.38. The highest BCUT2D eigenvalue weighted by molar-refractivity contribution is 8.38. The summed E-state index contributed by atoms with van der Waals surface area (Å²) >= 11 is 4.92. The number of rotatable bonds is 6. The third-order valence-corrected chi connectivity index (χ3v) is 6.60. The van der Waals surface area contributed by atoms with Gasteiger partial charge in [-0.1, -0.05) is 66.9 Å². The molecule has 0 atom stereocenters. The van der Waals surface area contributed by atoms with Crippen molar-refractivity contribution in [3.05, 3.63) is 40.4 Å². The molecular formula is C17H20N4OS3. The van der Waals surface area contributed by atoms with Crippen LogP contribution in [0.1, 0.15) is 34.8 Å². The smallest absolute Gasteiger partial charge is 0.257 e. The number of anilines is 1. The van der Waals surface area contributed by atoms with Crippen LogP contribution in [0.15, 0.2) is 29.3 Å². The van der Waals surface area contributed by atoms with E-state index in [9.17, 15) is 4.79 Å². The Morgan fingerprint density at radius 1 is 1.32 bits per heavy atom. The Morgan fingerprint density at radius 3 is 2.92 bits per heavy atom. The summed E-state index contributed by atoms with van der Waals surface area (Å²) in [7, 11) is 0. The van der Waals surface area contributed by atoms with Crippen molar-refractivity contribution in [1.29, 1.82) is 0 Å². The number of thioether (sulfide) groups is 2. The summed E-state index contributed by atoms with van der Waals surface area (Å²) in [5.74, 6) is 2.18. The number of hydrogen-bond acceptors (Lipinski definition) is 7. The summed E-state index contributed by atoms with van der Waals surface area (Å²) < 4.78 is 1.11. The Morgan fingerprint density at radius 2 is 2.16 bits per heavy atom. The van der Waals surface area contributed by atoms with Gasteiger partial charge in [0, 0.05) is 23.5 Å². The molecular weight excluding hydrogens is 372 g/mol. The van der Waals surface area contributed by atoms with Crippen molar-refractivity contribution in [3.8, 4) is 0 Å². The number of aliphatic imine (C=N–C) groups is 1. The molecule has 0 unspecified atom stereocenters. The van der Waals surface area contributed by atoms with Crippen LogP contribution in [0, 0.1) is 5.92 Å². The molecule has 0 spiro atoms. The molecule has 1 amide bonds. The number of benzene rings is 1. The molecule has 2 aromatic rings. The Labute approximate surface area is 160 Å². The van der Waals surface area contributed by atoms with Crippen molar-refractivity contribution in [2.45, 2.75) is 26.0 Å². The first-order valence-corrected chi connectivity index (χ1v) is 10.9. The topological polar surface area (TPSA) is 67.2 Å². The van der Waals surface area contributed by atoms with Crippen molar-refractivity contribution in [2.24, 2.45) is 10.9 Å². The number of carbonyl (C=O) groups excluding carboxylic acids is 1. The maximum Gasteiger partial charge on any atom is 0.257 e. The van der Waals surface area contributed by atoms with Gasteiger partial charge in [-0.05, 0) is 17.5 Å². The van der Waals surface area contributed by atoms with Crippen LogP contribution < -0.4 is 5.32 Å². The van der Waals surface area contributed by atoms with E-state index in [2.05, 4.69) is 34.4 Å². The molecule has 1 aromatic carbocycles. The first kappa shape index (κ1) is 18.4. The van der Waals surface area contributed by atoms with Crippen molar-refractivity contribution < 1.29 is 4.79 Å². The summed E-state index contributed by atoms with van der Waals surface area (Å²) in [5, 5.41) is 12.6. The van der Waals surface area contributed by atoms with Crippen LogP contribution in [0.25, 0.3) is 0 Å². The van der Waals surface area contributed by atoms with Gasteiger partial charge in [0.1, 0.15) is 9.38 Å². The fourth-order valence-electron chi connectivity index (χ4n) is 2.31. The van der Waals surface area contributed by atoms with E-state index in [-0.39, 0.29) is 5.91 Å². The second-order valence-electron chi connectivity index (χ2n) is 5.99. The summed E-state index contributed by atoms with van der Waals surface area (Å²) in [6.45, 7) is 5.17. The van der Waals surface area contributed by atoms with Gasteiger partial charge in [-0.2, -0.15) is 0 Å². The Bertz CT molecular complexity index is 773. The SMILES string of the molecule is CC(C)Cc1nnc(NC(=O)c2ccccc2CSC2=NCCS2)s1. The van der Waals surface area contributed by atoms with Gasteiger partial charge >= 0.3 is 0 Å². The fraction of sp³-hybridized carbons (Fsp3) is 0.412. The largest absolute Gasteiger partial charge is 0.296 e. The van der Waals surface area contributed by atoms with Crippen molar-refractivity contribution in [2.75, 3.05) is 17.6 Å². The van der Waals surface area contributed by atoms with Gasteiger partial charge in [-0.15, -0.1) is 10.2 Å². The van der Waals surface area contributed by atoms with Crippen LogP contribution in [0.2, 0.25) is 0 Å². The molecule has 8 heteroatoms. The zero-order valence-electron chi connectivity index (χ0n) is 14.2. The third-order valence-electron chi connectivity index (χ3n) is 3.44. The van der Waals surface area contributed by atoms with Crippen molar-refractivity contribution >= 4 is 50.3 Å². The highest BCUT2D eigenvalue weighted by Gasteiger charge is 2.15. The molecule has 2 heterocycles. The minimum absolute atomic E-state index is 0.135. The van der Waals surface area contributed by atoms with E-state index < -0.39 is 0 Å². The van der Waals surface area contributed by atoms with E-state index in [1.54, 1.807) is 23.5 Å². The van der Waals surface area contributed by atoms with Gasteiger partial charge in [-0.3, -0.25) is 15.1 Å². The lowest BCUT2D eigenvalue weighted by molar-refractivity contribution is 0.102. The minimum Gasteiger partial charge on any atom is -0.296 e. The van der Waals surface area contributed by atoms with Crippen molar-refractivity contribution in [3.63, 3.8) is 0 Å². The maximum atomic E-state index is 12.6. The molecule has 0 radical (unpaired) electrons. The van der Waals surface area contributed by atoms with Gasteiger partial charge in [0.2, 0.25) is 5.13 Å². The Kier molecular flexibility index (Phi) is 6.50. The molecule has 132 valence electrons. The van der Waals surface area contributed by atoms with Gasteiger partial charge in [0.05, 0.1) is 6.54 Å². The predicted molar refractivity (Wildman–Crippen MR) is 109 cm³/mol. The molecule has 0 aliphatic carbocycles. The van der Waals surface area contributed by atoms with Crippen LogP contribution >= 0.6 is 34.9 Å². The fourth-order valence-corrected chi connectivity index (χ4v) is 5.27. The number of nitrogens with one attached hydrogen (secondary N) is 1. The molecule has 3 rings (SSSR count). The number of amides is 1. The van der Waals surface area contributed by atoms with Crippen molar-refractivity contribution in [1.82, 2.24) is 10.2 Å². The number of hydrogen-bond donors (Lipinski definition) is 1. The normalized spacial score (nSPS) is 14.0. The van der Waals surface area contributed by atoms with Crippen LogP contribution in [0.4, 0.5) is 5.13 Å². The second kappa shape index (κ2) is 8.82. The quantitative estimate of drug-likeness (QED) is 0.793. The molecule has 5 nitrogen and oxygen atoms in total. The molecule has 0 bridgehead atoms. The summed E-state index contributed by atoms with van der Waals surface area (Å²) in [6.07, 6.45) is 0.876. The number of carbonyl (C=O) groups is 1. The average molecular weight is 393 g/mol. The van der Waals surface area contributed by atoms with Gasteiger partial charge < -0.3 is 0 Å². The van der Waals surface area contributed by atoms with Crippen LogP contribution in [0.3, 0.4) is 0 Å². The van der Waals surface area contributed by atoms with Gasteiger partial charge in [-0.25, -0.2) is 0 Å². The van der Waals surface area contributed by atoms with Crippen LogP contribution in [0.5, 0.6) is 0 Å². The first-order valence-electron chi connectivity index (χ1n) is 8.13. The van der Waals surface area contributed by atoms with E-state index >= 15 is 0 Å². The van der Waals surface area contributed by atoms with E-state index in [0.29, 0.717) is 16.6 Å². The van der Waals surface area contributed by atoms with Gasteiger partial charge in [0.15, 0.2) is 0 Å². The molecule has 1 N–H and O–H groups in total. The van der Waals surface area contributed by atoms with Gasteiger partial charge in [0.25, 0.3) is 5.91 Å². The molecule has 1 aliphatic heterocycles. The summed E-state index contributed by atoms with van der Waals surface area (Å²) in [6, 6.07) is 7.69. The third kappa shape index (κ3) is 5.29. The van der Waals surface area contributed by atoms with Crippen LogP contribution in [-0.4, -0.2) is 32.8 Å². The molecule has 0 fully saturated rings. The monoisotopic (exact) mass is 392 g/mol. The van der Waals surface area contributed by atoms with E-state index in [1.807, 2.05) is 24.3 Å². The minimum atomic E-state index is -0.135. The maximum absolute atomic E-state index is 12.6. The molecule has 25 heavy (non-hydrogen) atoms. The summed E-state index contributed by atoms with van der Waals surface area (Å²) in [4.78, 5) is 17.1. The molecule has 1 aromatic heterocycles. The van der Waals surface area contributed by atoms with Crippen LogP contribution in [-0.2, 0) is 12.2 Å². The number of nitrogens with zero attached hydrogens (tertiary/aromatic N) is 3. The lowest BCUT2D eigenvalue weighted by atomic mass is 10.1. The highest BCUT2D eigenvalue weighted by atomic mass is 32.2. The average Bonchev–Trinajstić information content (AvgIpc) is 3.24. The second-order valence-corrected chi connectivity index (χ2v) is 9.36. The Balaban J connectivity index is 1.66. The van der Waals surface area contributed by atoms with E-state index in [1.165, 1.54) is 11.3 Å². The highest BCUT2D eigenvalue weighted by Crippen LogP contribution is 2.27. The first-order chi connectivity index (χ1) is 12.1. The standard InChI is InChI=1S/C17H20N4OS3/c1-11(2)9-14-20-21-16(25-14)19-15(22)13-6-4-3-5-12(13)10-24-17-18-7-8-23-17/h3-6,11H,7-10H2,1-2H3,(H,19,21,22). The summed E-state index contributed by atoms with van der Waals surface area (Å²) in [5.41, 5.74) is 1.69.